The monoisotopic (exact) mass is 374 g/mol. The van der Waals surface area contributed by atoms with Crippen molar-refractivity contribution < 1.29 is 19.5 Å². The minimum atomic E-state index is -1.17. The van der Waals surface area contributed by atoms with Crippen LogP contribution in [0.15, 0.2) is 48.5 Å². The SMILES string of the molecule is CCCN(C(=O)NCC(=O)O)C(=O)c1ccc(-c2ccc(Cl)cc2)cc1. The first-order valence-corrected chi connectivity index (χ1v) is 8.47. The minimum absolute atomic E-state index is 0.198. The van der Waals surface area contributed by atoms with Crippen LogP contribution < -0.4 is 5.32 Å². The zero-order chi connectivity index (χ0) is 19.1. The summed E-state index contributed by atoms with van der Waals surface area (Å²) in [7, 11) is 0. The molecular weight excluding hydrogens is 356 g/mol. The summed E-state index contributed by atoms with van der Waals surface area (Å²) in [5, 5.41) is 11.5. The Morgan fingerprint density at radius 2 is 1.54 bits per heavy atom. The summed E-state index contributed by atoms with van der Waals surface area (Å²) in [4.78, 5) is 36.3. The molecule has 0 fully saturated rings. The van der Waals surface area contributed by atoms with E-state index in [1.54, 1.807) is 36.4 Å². The van der Waals surface area contributed by atoms with Crippen molar-refractivity contribution in [2.45, 2.75) is 13.3 Å². The Hall–Kier alpha value is -2.86. The third-order valence-electron chi connectivity index (χ3n) is 3.64. The molecule has 6 nitrogen and oxygen atoms in total. The summed E-state index contributed by atoms with van der Waals surface area (Å²) < 4.78 is 0. The van der Waals surface area contributed by atoms with Crippen molar-refractivity contribution in [3.8, 4) is 11.1 Å². The largest absolute Gasteiger partial charge is 0.480 e. The van der Waals surface area contributed by atoms with Gasteiger partial charge < -0.3 is 10.4 Å². The third-order valence-corrected chi connectivity index (χ3v) is 3.89. The number of urea groups is 1. The number of hydrogen-bond acceptors (Lipinski definition) is 3. The van der Waals surface area contributed by atoms with Gasteiger partial charge in [0.25, 0.3) is 5.91 Å². The molecule has 0 unspecified atom stereocenters. The van der Waals surface area contributed by atoms with Crippen LogP contribution in [-0.4, -0.2) is 41.0 Å². The van der Waals surface area contributed by atoms with Crippen LogP contribution in [0, 0.1) is 0 Å². The first kappa shape index (κ1) is 19.5. The van der Waals surface area contributed by atoms with Crippen molar-refractivity contribution in [1.82, 2.24) is 10.2 Å². The molecule has 0 aliphatic rings. The molecule has 2 aromatic carbocycles. The summed E-state index contributed by atoms with van der Waals surface area (Å²) in [5.41, 5.74) is 2.22. The normalized spacial score (nSPS) is 10.2. The number of nitrogens with zero attached hydrogens (tertiary/aromatic N) is 1. The number of hydrogen-bond donors (Lipinski definition) is 2. The van der Waals surface area contributed by atoms with E-state index >= 15 is 0 Å². The second-order valence-corrected chi connectivity index (χ2v) is 6.03. The van der Waals surface area contributed by atoms with Crippen LogP contribution >= 0.6 is 11.6 Å². The number of carboxylic acid groups (broad SMARTS) is 1. The van der Waals surface area contributed by atoms with Crippen molar-refractivity contribution in [1.29, 1.82) is 0 Å². The van der Waals surface area contributed by atoms with Gasteiger partial charge in [0.2, 0.25) is 0 Å². The van der Waals surface area contributed by atoms with Crippen molar-refractivity contribution in [3.05, 3.63) is 59.1 Å². The van der Waals surface area contributed by atoms with Gasteiger partial charge in [-0.1, -0.05) is 42.8 Å². The molecule has 136 valence electrons. The van der Waals surface area contributed by atoms with Crippen molar-refractivity contribution in [2.75, 3.05) is 13.1 Å². The number of amides is 3. The molecular formula is C19H19ClN2O4. The van der Waals surface area contributed by atoms with E-state index in [0.717, 1.165) is 16.0 Å². The average molecular weight is 375 g/mol. The zero-order valence-corrected chi connectivity index (χ0v) is 15.0. The highest BCUT2D eigenvalue weighted by Crippen LogP contribution is 2.22. The Kier molecular flexibility index (Phi) is 6.74. The number of aliphatic carboxylic acids is 1. The van der Waals surface area contributed by atoms with Gasteiger partial charge in [-0.05, 0) is 41.8 Å². The Labute approximate surface area is 156 Å². The van der Waals surface area contributed by atoms with E-state index in [0.29, 0.717) is 17.0 Å². The number of carboxylic acids is 1. The van der Waals surface area contributed by atoms with E-state index in [-0.39, 0.29) is 6.54 Å². The molecule has 0 heterocycles. The van der Waals surface area contributed by atoms with Gasteiger partial charge in [-0.15, -0.1) is 0 Å². The Bertz CT molecular complexity index is 788. The second-order valence-electron chi connectivity index (χ2n) is 5.59. The summed E-state index contributed by atoms with van der Waals surface area (Å²) in [6, 6.07) is 13.5. The molecule has 0 bridgehead atoms. The van der Waals surface area contributed by atoms with Crippen LogP contribution in [0.25, 0.3) is 11.1 Å². The molecule has 0 atom stereocenters. The van der Waals surface area contributed by atoms with Crippen molar-refractivity contribution >= 4 is 29.5 Å². The van der Waals surface area contributed by atoms with Crippen molar-refractivity contribution in [2.24, 2.45) is 0 Å². The van der Waals surface area contributed by atoms with Crippen molar-refractivity contribution in [3.63, 3.8) is 0 Å². The lowest BCUT2D eigenvalue weighted by Gasteiger charge is -2.20. The van der Waals surface area contributed by atoms with Gasteiger partial charge in [0.05, 0.1) is 0 Å². The fourth-order valence-corrected chi connectivity index (χ4v) is 2.50. The highest BCUT2D eigenvalue weighted by Gasteiger charge is 2.22. The Morgan fingerprint density at radius 3 is 2.04 bits per heavy atom. The van der Waals surface area contributed by atoms with Crippen LogP contribution in [0.3, 0.4) is 0 Å². The minimum Gasteiger partial charge on any atom is -0.480 e. The molecule has 0 radical (unpaired) electrons. The van der Waals surface area contributed by atoms with Crippen LogP contribution in [0.5, 0.6) is 0 Å². The summed E-state index contributed by atoms with van der Waals surface area (Å²) in [6.07, 6.45) is 0.565. The molecule has 0 aromatic heterocycles. The summed E-state index contributed by atoms with van der Waals surface area (Å²) in [6.45, 7) is 1.49. The molecule has 2 rings (SSSR count). The average Bonchev–Trinajstić information content (AvgIpc) is 2.64. The van der Waals surface area contributed by atoms with Crippen LogP contribution in [0.2, 0.25) is 5.02 Å². The van der Waals surface area contributed by atoms with Gasteiger partial charge in [-0.2, -0.15) is 0 Å². The fourth-order valence-electron chi connectivity index (χ4n) is 2.37. The predicted octanol–water partition coefficient (Wildman–Crippen LogP) is 3.65. The standard InChI is InChI=1S/C19H19ClN2O4/c1-2-11-22(19(26)21-12-17(23)24)18(25)15-5-3-13(4-6-15)14-7-9-16(20)10-8-14/h3-10H,2,11-12H2,1H3,(H,21,26)(H,23,24). The van der Waals surface area contributed by atoms with Crippen LogP contribution in [0.4, 0.5) is 4.79 Å². The van der Waals surface area contributed by atoms with Gasteiger partial charge in [-0.3, -0.25) is 14.5 Å². The van der Waals surface area contributed by atoms with Gasteiger partial charge in [0.1, 0.15) is 6.54 Å². The maximum Gasteiger partial charge on any atom is 0.324 e. The highest BCUT2D eigenvalue weighted by molar-refractivity contribution is 6.30. The number of rotatable bonds is 6. The molecule has 26 heavy (non-hydrogen) atoms. The first-order chi connectivity index (χ1) is 12.4. The van der Waals surface area contributed by atoms with Crippen LogP contribution in [-0.2, 0) is 4.79 Å². The molecule has 0 saturated heterocycles. The molecule has 0 aliphatic carbocycles. The van der Waals surface area contributed by atoms with E-state index in [1.165, 1.54) is 0 Å². The predicted molar refractivity (Wildman–Crippen MR) is 99.3 cm³/mol. The van der Waals surface area contributed by atoms with E-state index in [4.69, 9.17) is 16.7 Å². The van der Waals surface area contributed by atoms with E-state index in [1.807, 2.05) is 19.1 Å². The maximum atomic E-state index is 12.6. The number of halogens is 1. The molecule has 0 saturated carbocycles. The number of carbonyl (C=O) groups excluding carboxylic acids is 2. The van der Waals surface area contributed by atoms with Gasteiger partial charge in [-0.25, -0.2) is 4.79 Å². The Balaban J connectivity index is 2.16. The van der Waals surface area contributed by atoms with Crippen LogP contribution in [0.1, 0.15) is 23.7 Å². The second kappa shape index (κ2) is 9.01. The molecule has 7 heteroatoms. The smallest absolute Gasteiger partial charge is 0.324 e. The molecule has 0 aliphatic heterocycles. The number of nitrogens with one attached hydrogen (secondary N) is 1. The lowest BCUT2D eigenvalue weighted by molar-refractivity contribution is -0.135. The summed E-state index contributed by atoms with van der Waals surface area (Å²) in [5.74, 6) is -1.65. The quantitative estimate of drug-likeness (QED) is 0.807. The maximum absolute atomic E-state index is 12.6. The molecule has 3 amide bonds. The van der Waals surface area contributed by atoms with Gasteiger partial charge in [0.15, 0.2) is 0 Å². The lowest BCUT2D eigenvalue weighted by atomic mass is 10.0. The zero-order valence-electron chi connectivity index (χ0n) is 14.2. The van der Waals surface area contributed by atoms with Gasteiger partial charge >= 0.3 is 12.0 Å². The molecule has 0 spiro atoms. The first-order valence-electron chi connectivity index (χ1n) is 8.10. The van der Waals surface area contributed by atoms with E-state index < -0.39 is 24.5 Å². The topological polar surface area (TPSA) is 86.7 Å². The van der Waals surface area contributed by atoms with Gasteiger partial charge in [0, 0.05) is 17.1 Å². The highest BCUT2D eigenvalue weighted by atomic mass is 35.5. The number of benzene rings is 2. The van der Waals surface area contributed by atoms with E-state index in [2.05, 4.69) is 5.32 Å². The number of carbonyl (C=O) groups is 3. The molecule has 2 N–H and O–H groups in total. The fraction of sp³-hybridized carbons (Fsp3) is 0.211. The lowest BCUT2D eigenvalue weighted by Crippen LogP contribution is -2.45. The number of imide groups is 1. The summed E-state index contributed by atoms with van der Waals surface area (Å²) >= 11 is 5.88. The molecule has 2 aromatic rings. The Morgan fingerprint density at radius 1 is 1.00 bits per heavy atom. The third kappa shape index (κ3) is 5.07. The van der Waals surface area contributed by atoms with E-state index in [9.17, 15) is 14.4 Å².